The summed E-state index contributed by atoms with van der Waals surface area (Å²) < 4.78 is 5.13. The molecule has 0 aromatic heterocycles. The summed E-state index contributed by atoms with van der Waals surface area (Å²) in [7, 11) is 1.31. The number of hydrogen-bond acceptors (Lipinski definition) is 6. The summed E-state index contributed by atoms with van der Waals surface area (Å²) in [5.74, 6) is -0.430. The number of nitro groups is 1. The highest BCUT2D eigenvalue weighted by atomic mass is 35.5. The number of hydrogen-bond donors (Lipinski definition) is 0. The molecule has 0 atom stereocenters. The summed E-state index contributed by atoms with van der Waals surface area (Å²) >= 11 is 6.62. The van der Waals surface area contributed by atoms with Gasteiger partial charge in [0.1, 0.15) is 0 Å². The molecule has 27 heavy (non-hydrogen) atoms. The van der Waals surface area contributed by atoms with Crippen LogP contribution in [0.3, 0.4) is 0 Å². The predicted octanol–water partition coefficient (Wildman–Crippen LogP) is 4.49. The van der Waals surface area contributed by atoms with E-state index in [0.29, 0.717) is 10.6 Å². The molecule has 0 aliphatic carbocycles. The number of methoxy groups -OCH3 is 1. The van der Waals surface area contributed by atoms with Crippen molar-refractivity contribution in [1.82, 2.24) is 4.90 Å². The van der Waals surface area contributed by atoms with Crippen molar-refractivity contribution in [3.05, 3.63) is 73.6 Å². The second kappa shape index (κ2) is 7.81. The van der Waals surface area contributed by atoms with Gasteiger partial charge < -0.3 is 4.74 Å². The molecule has 7 nitrogen and oxygen atoms in total. The monoisotopic (exact) mass is 404 g/mol. The van der Waals surface area contributed by atoms with E-state index in [1.54, 1.807) is 30.3 Å². The summed E-state index contributed by atoms with van der Waals surface area (Å²) in [5.41, 5.74) is 0.895. The molecule has 0 spiro atoms. The van der Waals surface area contributed by atoms with E-state index >= 15 is 0 Å². The Morgan fingerprint density at radius 1 is 1.22 bits per heavy atom. The van der Waals surface area contributed by atoms with Crippen LogP contribution < -0.4 is 4.74 Å². The van der Waals surface area contributed by atoms with E-state index in [-0.39, 0.29) is 22.9 Å². The molecule has 0 bridgehead atoms. The number of ether oxygens (including phenoxy) is 1. The summed E-state index contributed by atoms with van der Waals surface area (Å²) in [6.07, 6.45) is 1.43. The highest BCUT2D eigenvalue weighted by Crippen LogP contribution is 2.37. The van der Waals surface area contributed by atoms with Crippen LogP contribution in [-0.2, 0) is 11.3 Å². The zero-order chi connectivity index (χ0) is 19.6. The van der Waals surface area contributed by atoms with Crippen molar-refractivity contribution in [2.24, 2.45) is 0 Å². The van der Waals surface area contributed by atoms with Gasteiger partial charge in [-0.15, -0.1) is 0 Å². The van der Waals surface area contributed by atoms with Crippen molar-refractivity contribution in [3.63, 3.8) is 0 Å². The minimum absolute atomic E-state index is 0.0343. The molecular weight excluding hydrogens is 392 g/mol. The molecule has 1 aliphatic heterocycles. The lowest BCUT2D eigenvalue weighted by Gasteiger charge is -2.12. The van der Waals surface area contributed by atoms with Crippen molar-refractivity contribution < 1.29 is 19.2 Å². The van der Waals surface area contributed by atoms with E-state index in [4.69, 9.17) is 16.3 Å². The van der Waals surface area contributed by atoms with Gasteiger partial charge >= 0.3 is 5.69 Å². The van der Waals surface area contributed by atoms with Crippen molar-refractivity contribution in [1.29, 1.82) is 0 Å². The summed E-state index contributed by atoms with van der Waals surface area (Å²) in [6, 6.07) is 11.2. The fourth-order valence-electron chi connectivity index (χ4n) is 2.57. The number of rotatable bonds is 5. The summed E-state index contributed by atoms with van der Waals surface area (Å²) in [6.45, 7) is 0.116. The van der Waals surface area contributed by atoms with Gasteiger partial charge in [0.2, 0.25) is 5.75 Å². The van der Waals surface area contributed by atoms with Gasteiger partial charge in [0.15, 0.2) is 0 Å². The molecule has 3 rings (SSSR count). The number of nitrogens with zero attached hydrogens (tertiary/aromatic N) is 2. The number of thioether (sulfide) groups is 1. The van der Waals surface area contributed by atoms with E-state index in [1.165, 1.54) is 25.3 Å². The van der Waals surface area contributed by atoms with Gasteiger partial charge in [-0.1, -0.05) is 35.9 Å². The van der Waals surface area contributed by atoms with Crippen LogP contribution in [0.1, 0.15) is 11.1 Å². The number of amides is 2. The first-order chi connectivity index (χ1) is 12.9. The molecule has 2 aromatic carbocycles. The van der Waals surface area contributed by atoms with Crippen LogP contribution in [0.2, 0.25) is 5.02 Å². The van der Waals surface area contributed by atoms with E-state index in [1.807, 2.05) is 0 Å². The van der Waals surface area contributed by atoms with Crippen molar-refractivity contribution >= 4 is 46.3 Å². The number of halogens is 1. The average Bonchev–Trinajstić information content (AvgIpc) is 2.90. The van der Waals surface area contributed by atoms with Crippen molar-refractivity contribution in [2.45, 2.75) is 6.54 Å². The highest BCUT2D eigenvalue weighted by Gasteiger charge is 2.35. The van der Waals surface area contributed by atoms with Crippen LogP contribution in [0.15, 0.2) is 47.4 Å². The molecule has 1 saturated heterocycles. The van der Waals surface area contributed by atoms with E-state index in [2.05, 4.69) is 0 Å². The number of benzene rings is 2. The smallest absolute Gasteiger partial charge is 0.311 e. The lowest BCUT2D eigenvalue weighted by molar-refractivity contribution is -0.385. The maximum Gasteiger partial charge on any atom is 0.311 e. The molecule has 0 N–H and O–H groups in total. The average molecular weight is 405 g/mol. The molecule has 2 amide bonds. The van der Waals surface area contributed by atoms with Crippen LogP contribution in [0.5, 0.6) is 5.75 Å². The Kier molecular flexibility index (Phi) is 5.48. The SMILES string of the molecule is COc1c(/C=C2\SC(=O)N(Cc3ccc(Cl)cc3)C2=O)cccc1[N+](=O)[O-]. The third kappa shape index (κ3) is 3.96. The second-order valence-electron chi connectivity index (χ2n) is 5.55. The van der Waals surface area contributed by atoms with Crippen molar-refractivity contribution in [3.8, 4) is 5.75 Å². The maximum absolute atomic E-state index is 12.6. The van der Waals surface area contributed by atoms with E-state index in [9.17, 15) is 19.7 Å². The Hall–Kier alpha value is -2.84. The van der Waals surface area contributed by atoms with Crippen LogP contribution >= 0.6 is 23.4 Å². The van der Waals surface area contributed by atoms with E-state index in [0.717, 1.165) is 22.2 Å². The largest absolute Gasteiger partial charge is 0.490 e. The number of para-hydroxylation sites is 1. The quantitative estimate of drug-likeness (QED) is 0.414. The molecule has 1 fully saturated rings. The van der Waals surface area contributed by atoms with E-state index < -0.39 is 16.1 Å². The Balaban J connectivity index is 1.89. The molecule has 2 aromatic rings. The van der Waals surface area contributed by atoms with Gasteiger partial charge in [-0.05, 0) is 35.5 Å². The third-order valence-electron chi connectivity index (χ3n) is 3.84. The van der Waals surface area contributed by atoms with Crippen LogP contribution in [0.4, 0.5) is 10.5 Å². The number of carbonyl (C=O) groups excluding carboxylic acids is 2. The molecule has 0 radical (unpaired) electrons. The first-order valence-corrected chi connectivity index (χ1v) is 8.91. The molecule has 0 saturated carbocycles. The van der Waals surface area contributed by atoms with Crippen molar-refractivity contribution in [2.75, 3.05) is 7.11 Å². The molecular formula is C18H13ClN2O5S. The third-order valence-corrected chi connectivity index (χ3v) is 5.00. The summed E-state index contributed by atoms with van der Waals surface area (Å²) in [4.78, 5) is 36.7. The zero-order valence-corrected chi connectivity index (χ0v) is 15.6. The Morgan fingerprint density at radius 2 is 1.93 bits per heavy atom. The fraction of sp³-hybridized carbons (Fsp3) is 0.111. The molecule has 1 heterocycles. The molecule has 0 unspecified atom stereocenters. The van der Waals surface area contributed by atoms with Crippen LogP contribution in [-0.4, -0.2) is 28.1 Å². The number of imide groups is 1. The lowest BCUT2D eigenvalue weighted by atomic mass is 10.1. The normalized spacial score (nSPS) is 15.5. The maximum atomic E-state index is 12.6. The highest BCUT2D eigenvalue weighted by molar-refractivity contribution is 8.18. The van der Waals surface area contributed by atoms with Gasteiger partial charge in [0.25, 0.3) is 11.1 Å². The number of nitro benzene ring substituents is 1. The van der Waals surface area contributed by atoms with Crippen LogP contribution in [0, 0.1) is 10.1 Å². The van der Waals surface area contributed by atoms with Gasteiger partial charge in [-0.2, -0.15) is 0 Å². The van der Waals surface area contributed by atoms with Gasteiger partial charge in [-0.25, -0.2) is 0 Å². The topological polar surface area (TPSA) is 89.8 Å². The Bertz CT molecular complexity index is 959. The second-order valence-corrected chi connectivity index (χ2v) is 6.98. The first-order valence-electron chi connectivity index (χ1n) is 7.72. The minimum atomic E-state index is -0.567. The molecule has 1 aliphatic rings. The lowest BCUT2D eigenvalue weighted by Crippen LogP contribution is -2.27. The Labute approximate surface area is 163 Å². The van der Waals surface area contributed by atoms with Gasteiger partial charge in [-0.3, -0.25) is 24.6 Å². The minimum Gasteiger partial charge on any atom is -0.490 e. The zero-order valence-electron chi connectivity index (χ0n) is 14.0. The van der Waals surface area contributed by atoms with Gasteiger partial charge in [0.05, 0.1) is 23.5 Å². The first kappa shape index (κ1) is 18.9. The summed E-state index contributed by atoms with van der Waals surface area (Å²) in [5, 5.41) is 11.3. The Morgan fingerprint density at radius 3 is 2.56 bits per heavy atom. The molecule has 9 heteroatoms. The standard InChI is InChI=1S/C18H13ClN2O5S/c1-26-16-12(3-2-4-14(16)21(24)25)9-15-17(22)20(18(23)27-15)10-11-5-7-13(19)8-6-11/h2-9H,10H2,1H3/b15-9-. The number of carbonyl (C=O) groups is 2. The molecule has 138 valence electrons. The fourth-order valence-corrected chi connectivity index (χ4v) is 3.53. The van der Waals surface area contributed by atoms with Crippen LogP contribution in [0.25, 0.3) is 6.08 Å². The van der Waals surface area contributed by atoms with Gasteiger partial charge in [0, 0.05) is 16.7 Å². The predicted molar refractivity (Wildman–Crippen MR) is 103 cm³/mol.